The SMILES string of the molecule is C=CCn1nc(-c2ccc(O)cc2O)c2cccc(Cl)c21. The highest BCUT2D eigenvalue weighted by Crippen LogP contribution is 2.37. The number of phenols is 2. The number of fused-ring (bicyclic) bond motifs is 1. The third-order valence-electron chi connectivity index (χ3n) is 3.26. The topological polar surface area (TPSA) is 58.3 Å². The van der Waals surface area contributed by atoms with Gasteiger partial charge in [-0.15, -0.1) is 6.58 Å². The van der Waals surface area contributed by atoms with Gasteiger partial charge in [0, 0.05) is 17.0 Å². The molecule has 1 heterocycles. The predicted octanol–water partition coefficient (Wildman–Crippen LogP) is 3.95. The Morgan fingerprint density at radius 1 is 1.24 bits per heavy atom. The van der Waals surface area contributed by atoms with Crippen LogP contribution in [0.25, 0.3) is 22.2 Å². The number of aromatic nitrogens is 2. The van der Waals surface area contributed by atoms with Crippen LogP contribution in [0.15, 0.2) is 49.1 Å². The molecular formula is C16H13ClN2O2. The minimum absolute atomic E-state index is 0.00381. The molecule has 0 atom stereocenters. The zero-order chi connectivity index (χ0) is 15.0. The van der Waals surface area contributed by atoms with Gasteiger partial charge < -0.3 is 10.2 Å². The van der Waals surface area contributed by atoms with Crippen molar-refractivity contribution in [3.05, 3.63) is 54.1 Å². The maximum Gasteiger partial charge on any atom is 0.128 e. The molecule has 0 amide bonds. The van der Waals surface area contributed by atoms with Crippen molar-refractivity contribution in [3.8, 4) is 22.8 Å². The van der Waals surface area contributed by atoms with Crippen molar-refractivity contribution in [1.82, 2.24) is 9.78 Å². The van der Waals surface area contributed by atoms with Gasteiger partial charge in [-0.3, -0.25) is 4.68 Å². The molecule has 2 aromatic carbocycles. The first-order valence-corrected chi connectivity index (χ1v) is 6.78. The first-order chi connectivity index (χ1) is 10.1. The number of allylic oxidation sites excluding steroid dienone is 1. The normalized spacial score (nSPS) is 10.9. The van der Waals surface area contributed by atoms with Crippen LogP contribution in [0.4, 0.5) is 0 Å². The predicted molar refractivity (Wildman–Crippen MR) is 83.7 cm³/mol. The summed E-state index contributed by atoms with van der Waals surface area (Å²) in [7, 11) is 0. The molecule has 0 bridgehead atoms. The lowest BCUT2D eigenvalue weighted by Crippen LogP contribution is -1.97. The van der Waals surface area contributed by atoms with Gasteiger partial charge >= 0.3 is 0 Å². The van der Waals surface area contributed by atoms with Gasteiger partial charge in [0.15, 0.2) is 0 Å². The molecule has 4 nitrogen and oxygen atoms in total. The molecule has 0 aliphatic rings. The van der Waals surface area contributed by atoms with E-state index >= 15 is 0 Å². The minimum atomic E-state index is -0.0277. The molecule has 5 heteroatoms. The Morgan fingerprint density at radius 3 is 2.76 bits per heavy atom. The smallest absolute Gasteiger partial charge is 0.128 e. The summed E-state index contributed by atoms with van der Waals surface area (Å²) in [4.78, 5) is 0. The molecule has 0 saturated carbocycles. The Hall–Kier alpha value is -2.46. The highest BCUT2D eigenvalue weighted by molar-refractivity contribution is 6.35. The van der Waals surface area contributed by atoms with E-state index in [1.165, 1.54) is 12.1 Å². The number of hydrogen-bond donors (Lipinski definition) is 2. The van der Waals surface area contributed by atoms with E-state index in [0.29, 0.717) is 22.8 Å². The number of nitrogens with zero attached hydrogens (tertiary/aromatic N) is 2. The van der Waals surface area contributed by atoms with Gasteiger partial charge in [0.05, 0.1) is 17.1 Å². The molecule has 0 spiro atoms. The van der Waals surface area contributed by atoms with E-state index in [4.69, 9.17) is 11.6 Å². The van der Waals surface area contributed by atoms with Gasteiger partial charge in [0.2, 0.25) is 0 Å². The highest BCUT2D eigenvalue weighted by atomic mass is 35.5. The largest absolute Gasteiger partial charge is 0.508 e. The van der Waals surface area contributed by atoms with Gasteiger partial charge in [-0.25, -0.2) is 0 Å². The van der Waals surface area contributed by atoms with Gasteiger partial charge in [0.1, 0.15) is 17.2 Å². The fourth-order valence-electron chi connectivity index (χ4n) is 2.37. The molecule has 3 rings (SSSR count). The number of halogens is 1. The highest BCUT2D eigenvalue weighted by Gasteiger charge is 2.16. The maximum atomic E-state index is 10.1. The molecule has 106 valence electrons. The van der Waals surface area contributed by atoms with E-state index in [2.05, 4.69) is 11.7 Å². The van der Waals surface area contributed by atoms with Gasteiger partial charge in [0.25, 0.3) is 0 Å². The molecule has 0 aliphatic carbocycles. The summed E-state index contributed by atoms with van der Waals surface area (Å²) in [6, 6.07) is 9.97. The van der Waals surface area contributed by atoms with E-state index in [1.54, 1.807) is 22.9 Å². The average Bonchev–Trinajstić information content (AvgIpc) is 2.79. The van der Waals surface area contributed by atoms with Crippen molar-refractivity contribution in [2.45, 2.75) is 6.54 Å². The molecule has 2 N–H and O–H groups in total. The van der Waals surface area contributed by atoms with Crippen LogP contribution in [0.1, 0.15) is 0 Å². The second-order valence-corrected chi connectivity index (χ2v) is 5.06. The molecule has 0 radical (unpaired) electrons. The van der Waals surface area contributed by atoms with Crippen molar-refractivity contribution in [2.75, 3.05) is 0 Å². The molecule has 0 saturated heterocycles. The first kappa shape index (κ1) is 13.5. The number of aromatic hydroxyl groups is 2. The zero-order valence-corrected chi connectivity index (χ0v) is 11.9. The molecule has 0 unspecified atom stereocenters. The summed E-state index contributed by atoms with van der Waals surface area (Å²) in [6.07, 6.45) is 1.73. The summed E-state index contributed by atoms with van der Waals surface area (Å²) in [5.74, 6) is -0.0239. The minimum Gasteiger partial charge on any atom is -0.508 e. The summed E-state index contributed by atoms with van der Waals surface area (Å²) in [5, 5.41) is 25.4. The lowest BCUT2D eigenvalue weighted by molar-refractivity contribution is 0.451. The molecule has 3 aromatic rings. The van der Waals surface area contributed by atoms with Crippen molar-refractivity contribution >= 4 is 22.5 Å². The molecule has 21 heavy (non-hydrogen) atoms. The van der Waals surface area contributed by atoms with Crippen LogP contribution in [0.5, 0.6) is 11.5 Å². The van der Waals surface area contributed by atoms with Gasteiger partial charge in [-0.05, 0) is 18.2 Å². The van der Waals surface area contributed by atoms with E-state index in [-0.39, 0.29) is 11.5 Å². The zero-order valence-electron chi connectivity index (χ0n) is 11.1. The Labute approximate surface area is 126 Å². The van der Waals surface area contributed by atoms with E-state index in [9.17, 15) is 10.2 Å². The van der Waals surface area contributed by atoms with Crippen LogP contribution in [0.3, 0.4) is 0 Å². The van der Waals surface area contributed by atoms with Crippen molar-refractivity contribution < 1.29 is 10.2 Å². The number of benzene rings is 2. The monoisotopic (exact) mass is 300 g/mol. The van der Waals surface area contributed by atoms with Crippen LogP contribution in [-0.4, -0.2) is 20.0 Å². The van der Waals surface area contributed by atoms with Crippen LogP contribution in [-0.2, 0) is 6.54 Å². The second kappa shape index (κ2) is 5.14. The summed E-state index contributed by atoms with van der Waals surface area (Å²) in [6.45, 7) is 4.23. The lowest BCUT2D eigenvalue weighted by Gasteiger charge is -2.02. The van der Waals surface area contributed by atoms with Crippen molar-refractivity contribution in [2.24, 2.45) is 0 Å². The fraction of sp³-hybridized carbons (Fsp3) is 0.0625. The quantitative estimate of drug-likeness (QED) is 0.720. The average molecular weight is 301 g/mol. The van der Waals surface area contributed by atoms with Crippen LogP contribution >= 0.6 is 11.6 Å². The Balaban J connectivity index is 2.32. The molecule has 1 aromatic heterocycles. The third-order valence-corrected chi connectivity index (χ3v) is 3.56. The summed E-state index contributed by atoms with van der Waals surface area (Å²) in [5.41, 5.74) is 1.95. The number of hydrogen-bond acceptors (Lipinski definition) is 3. The van der Waals surface area contributed by atoms with Gasteiger partial charge in [-0.1, -0.05) is 29.8 Å². The number of phenolic OH excluding ortho intramolecular Hbond substituents is 2. The summed E-state index contributed by atoms with van der Waals surface area (Å²) < 4.78 is 1.74. The maximum absolute atomic E-state index is 10.1. The molecule has 0 aliphatic heterocycles. The van der Waals surface area contributed by atoms with E-state index in [1.807, 2.05) is 12.1 Å². The van der Waals surface area contributed by atoms with E-state index in [0.717, 1.165) is 10.9 Å². The standard InChI is InChI=1S/C16H13ClN2O2/c1-2-8-19-16-12(4-3-5-13(16)17)15(18-19)11-7-6-10(20)9-14(11)21/h2-7,9,20-21H,1,8H2. The number of rotatable bonds is 3. The van der Waals surface area contributed by atoms with Crippen molar-refractivity contribution in [3.63, 3.8) is 0 Å². The van der Waals surface area contributed by atoms with Crippen LogP contribution in [0.2, 0.25) is 5.02 Å². The van der Waals surface area contributed by atoms with E-state index < -0.39 is 0 Å². The Morgan fingerprint density at radius 2 is 2.05 bits per heavy atom. The first-order valence-electron chi connectivity index (χ1n) is 6.40. The molecular weight excluding hydrogens is 288 g/mol. The van der Waals surface area contributed by atoms with Crippen LogP contribution in [0, 0.1) is 0 Å². The third kappa shape index (κ3) is 2.23. The lowest BCUT2D eigenvalue weighted by atomic mass is 10.1. The fourth-order valence-corrected chi connectivity index (χ4v) is 2.64. The Bertz CT molecular complexity index is 840. The Kier molecular flexibility index (Phi) is 3.31. The number of para-hydroxylation sites is 1. The van der Waals surface area contributed by atoms with Crippen molar-refractivity contribution in [1.29, 1.82) is 0 Å². The second-order valence-electron chi connectivity index (χ2n) is 4.66. The van der Waals surface area contributed by atoms with Crippen LogP contribution < -0.4 is 0 Å². The van der Waals surface area contributed by atoms with Gasteiger partial charge in [-0.2, -0.15) is 5.10 Å². The summed E-state index contributed by atoms with van der Waals surface area (Å²) >= 11 is 6.27. The molecule has 0 fully saturated rings.